The summed E-state index contributed by atoms with van der Waals surface area (Å²) in [7, 11) is -2.77. The minimum atomic E-state index is -4.24. The van der Waals surface area contributed by atoms with Crippen LogP contribution in [-0.2, 0) is 21.3 Å². The van der Waals surface area contributed by atoms with Crippen LogP contribution in [0.1, 0.15) is 22.6 Å². The second kappa shape index (κ2) is 8.49. The fourth-order valence-electron chi connectivity index (χ4n) is 4.45. The van der Waals surface area contributed by atoms with Crippen LogP contribution in [0.2, 0.25) is 0 Å². The normalized spacial score (nSPS) is 18.3. The molecule has 0 aromatic heterocycles. The minimum absolute atomic E-state index is 0.0297. The van der Waals surface area contributed by atoms with Gasteiger partial charge in [0.2, 0.25) is 5.88 Å². The van der Waals surface area contributed by atoms with Crippen molar-refractivity contribution in [2.75, 3.05) is 11.4 Å². The van der Waals surface area contributed by atoms with Crippen molar-refractivity contribution in [3.63, 3.8) is 0 Å². The van der Waals surface area contributed by atoms with Crippen molar-refractivity contribution in [1.82, 2.24) is 0 Å². The standard InChI is InChI=1S/C26H20FN3O4S/c1-33-22-9-5-3-7-19(22)23-20(14-28)26(29)34-24-18-6-2-4-8-21(18)30(35(31,32)25(23)24)15-16-10-12-17(27)13-11-16/h2-13,23H,15,29H2,1H3/t23-/m0/s1. The van der Waals surface area contributed by atoms with Crippen molar-refractivity contribution in [2.45, 2.75) is 12.5 Å². The maximum absolute atomic E-state index is 14.2. The van der Waals surface area contributed by atoms with Gasteiger partial charge in [-0.1, -0.05) is 42.5 Å². The third-order valence-electron chi connectivity index (χ3n) is 6.05. The summed E-state index contributed by atoms with van der Waals surface area (Å²) in [5.41, 5.74) is 8.08. The SMILES string of the molecule is COc1ccccc1[C@H]1C(C#N)=C(N)OC2=C1S(=O)(=O)N(Cc1ccc(F)cc1)c1ccccc12. The smallest absolute Gasteiger partial charge is 0.265 e. The van der Waals surface area contributed by atoms with Crippen LogP contribution in [0.4, 0.5) is 10.1 Å². The lowest BCUT2D eigenvalue weighted by molar-refractivity contribution is 0.355. The largest absolute Gasteiger partial charge is 0.496 e. The lowest BCUT2D eigenvalue weighted by atomic mass is 9.87. The molecule has 0 radical (unpaired) electrons. The van der Waals surface area contributed by atoms with Gasteiger partial charge < -0.3 is 15.2 Å². The maximum Gasteiger partial charge on any atom is 0.265 e. The van der Waals surface area contributed by atoms with E-state index in [0.717, 1.165) is 0 Å². The average molecular weight is 490 g/mol. The lowest BCUT2D eigenvalue weighted by Gasteiger charge is -2.38. The highest BCUT2D eigenvalue weighted by Gasteiger charge is 2.47. The number of nitrogens with two attached hydrogens (primary N) is 1. The highest BCUT2D eigenvalue weighted by molar-refractivity contribution is 7.96. The fraction of sp³-hybridized carbons (Fsp3) is 0.115. The van der Waals surface area contributed by atoms with E-state index in [2.05, 4.69) is 0 Å². The molecule has 0 bridgehead atoms. The van der Waals surface area contributed by atoms with Gasteiger partial charge >= 0.3 is 0 Å². The van der Waals surface area contributed by atoms with Gasteiger partial charge in [0.1, 0.15) is 28.1 Å². The molecule has 0 saturated heterocycles. The van der Waals surface area contributed by atoms with Gasteiger partial charge in [0, 0.05) is 11.1 Å². The second-order valence-corrected chi connectivity index (χ2v) is 9.85. The summed E-state index contributed by atoms with van der Waals surface area (Å²) >= 11 is 0. The van der Waals surface area contributed by atoms with Gasteiger partial charge in [0.25, 0.3) is 10.0 Å². The van der Waals surface area contributed by atoms with Crippen molar-refractivity contribution in [3.8, 4) is 11.8 Å². The lowest BCUT2D eigenvalue weighted by Crippen LogP contribution is -2.39. The fourth-order valence-corrected chi connectivity index (χ4v) is 6.36. The number of nitrogens with zero attached hydrogens (tertiary/aromatic N) is 2. The van der Waals surface area contributed by atoms with Crippen LogP contribution in [-0.4, -0.2) is 15.5 Å². The molecule has 3 aromatic carbocycles. The Morgan fingerprint density at radius 2 is 1.77 bits per heavy atom. The molecule has 1 atom stereocenters. The maximum atomic E-state index is 14.2. The third-order valence-corrected chi connectivity index (χ3v) is 7.93. The van der Waals surface area contributed by atoms with E-state index in [1.165, 1.54) is 35.7 Å². The summed E-state index contributed by atoms with van der Waals surface area (Å²) in [5.74, 6) is -1.15. The zero-order valence-corrected chi connectivity index (χ0v) is 19.4. The molecular formula is C26H20FN3O4S. The Morgan fingerprint density at radius 3 is 2.49 bits per heavy atom. The second-order valence-electron chi connectivity index (χ2n) is 8.02. The highest BCUT2D eigenvalue weighted by Crippen LogP contribution is 2.52. The van der Waals surface area contributed by atoms with Crippen LogP contribution in [0.15, 0.2) is 89.2 Å². The predicted octanol–water partition coefficient (Wildman–Crippen LogP) is 4.36. The van der Waals surface area contributed by atoms with Crippen LogP contribution in [0, 0.1) is 17.1 Å². The molecule has 5 rings (SSSR count). The van der Waals surface area contributed by atoms with Crippen molar-refractivity contribution >= 4 is 21.5 Å². The van der Waals surface area contributed by atoms with Gasteiger partial charge in [-0.3, -0.25) is 4.31 Å². The molecule has 0 spiro atoms. The van der Waals surface area contributed by atoms with E-state index in [1.807, 2.05) is 6.07 Å². The summed E-state index contributed by atoms with van der Waals surface area (Å²) in [5, 5.41) is 9.96. The summed E-state index contributed by atoms with van der Waals surface area (Å²) in [4.78, 5) is -0.103. The number of benzene rings is 3. The van der Waals surface area contributed by atoms with Crippen LogP contribution in [0.5, 0.6) is 5.75 Å². The summed E-state index contributed by atoms with van der Waals surface area (Å²) in [6, 6.07) is 21.4. The molecule has 3 aromatic rings. The van der Waals surface area contributed by atoms with Crippen molar-refractivity contribution in [2.24, 2.45) is 5.73 Å². The molecule has 0 unspecified atom stereocenters. The Hall–Kier alpha value is -4.29. The Kier molecular flexibility index (Phi) is 5.46. The summed E-state index contributed by atoms with van der Waals surface area (Å²) in [6.45, 7) is -0.0455. The first-order valence-electron chi connectivity index (χ1n) is 10.7. The molecule has 35 heavy (non-hydrogen) atoms. The molecule has 0 saturated carbocycles. The minimum Gasteiger partial charge on any atom is -0.496 e. The number of fused-ring (bicyclic) bond motifs is 2. The van der Waals surface area contributed by atoms with Crippen LogP contribution in [0.25, 0.3) is 5.76 Å². The zero-order valence-electron chi connectivity index (χ0n) is 18.6. The number of nitriles is 1. The van der Waals surface area contributed by atoms with Crippen molar-refractivity contribution in [1.29, 1.82) is 5.26 Å². The number of hydrogen-bond acceptors (Lipinski definition) is 6. The Bertz CT molecular complexity index is 1540. The van der Waals surface area contributed by atoms with Gasteiger partial charge in [-0.2, -0.15) is 5.26 Å². The van der Waals surface area contributed by atoms with Gasteiger partial charge in [-0.05, 0) is 35.9 Å². The first-order valence-corrected chi connectivity index (χ1v) is 12.1. The van der Waals surface area contributed by atoms with Crippen LogP contribution < -0.4 is 14.8 Å². The number of anilines is 1. The molecule has 0 amide bonds. The highest BCUT2D eigenvalue weighted by atomic mass is 32.2. The zero-order chi connectivity index (χ0) is 24.7. The van der Waals surface area contributed by atoms with E-state index < -0.39 is 21.8 Å². The molecule has 2 aliphatic rings. The van der Waals surface area contributed by atoms with Crippen LogP contribution >= 0.6 is 0 Å². The molecule has 0 fully saturated rings. The number of ether oxygens (including phenoxy) is 2. The number of allylic oxidation sites excluding steroid dienone is 2. The van der Waals surface area contributed by atoms with Gasteiger partial charge in [0.15, 0.2) is 5.76 Å². The van der Waals surface area contributed by atoms with E-state index in [9.17, 15) is 18.1 Å². The number of rotatable bonds is 4. The molecular weight excluding hydrogens is 469 g/mol. The Morgan fingerprint density at radius 1 is 1.09 bits per heavy atom. The van der Waals surface area contributed by atoms with E-state index in [0.29, 0.717) is 28.1 Å². The van der Waals surface area contributed by atoms with Gasteiger partial charge in [-0.15, -0.1) is 0 Å². The van der Waals surface area contributed by atoms with Crippen LogP contribution in [0.3, 0.4) is 0 Å². The number of para-hydroxylation sites is 2. The van der Waals surface area contributed by atoms with Crippen molar-refractivity contribution < 1.29 is 22.3 Å². The molecule has 2 heterocycles. The molecule has 176 valence electrons. The molecule has 9 heteroatoms. The third kappa shape index (κ3) is 3.59. The van der Waals surface area contributed by atoms with Gasteiger partial charge in [-0.25, -0.2) is 12.8 Å². The first-order chi connectivity index (χ1) is 16.9. The molecule has 7 nitrogen and oxygen atoms in total. The summed E-state index contributed by atoms with van der Waals surface area (Å²) < 4.78 is 54.5. The number of sulfonamides is 1. The average Bonchev–Trinajstić information content (AvgIpc) is 2.87. The first kappa shape index (κ1) is 22.5. The van der Waals surface area contributed by atoms with E-state index >= 15 is 0 Å². The van der Waals surface area contributed by atoms with E-state index in [1.54, 1.807) is 48.5 Å². The Balaban J connectivity index is 1.77. The monoisotopic (exact) mass is 489 g/mol. The number of halogens is 1. The van der Waals surface area contributed by atoms with E-state index in [4.69, 9.17) is 15.2 Å². The Labute approximate surface area is 202 Å². The van der Waals surface area contributed by atoms with E-state index in [-0.39, 0.29) is 28.7 Å². The van der Waals surface area contributed by atoms with Gasteiger partial charge in [0.05, 0.1) is 25.3 Å². The molecule has 2 N–H and O–H groups in total. The number of methoxy groups -OCH3 is 1. The molecule has 2 aliphatic heterocycles. The molecule has 0 aliphatic carbocycles. The summed E-state index contributed by atoms with van der Waals surface area (Å²) in [6.07, 6.45) is 0. The quantitative estimate of drug-likeness (QED) is 0.584. The number of hydrogen-bond donors (Lipinski definition) is 1. The van der Waals surface area contributed by atoms with Crippen molar-refractivity contribution in [3.05, 3.63) is 112 Å². The topological polar surface area (TPSA) is 106 Å². The predicted molar refractivity (Wildman–Crippen MR) is 129 cm³/mol.